The average Bonchev–Trinajstić information content (AvgIpc) is 3.13. The number of rotatable bonds is 4. The Morgan fingerprint density at radius 3 is 2.96 bits per heavy atom. The van der Waals surface area contributed by atoms with Crippen LogP contribution in [0.15, 0.2) is 21.5 Å². The van der Waals surface area contributed by atoms with Crippen LogP contribution in [0.3, 0.4) is 0 Å². The van der Waals surface area contributed by atoms with Crippen molar-refractivity contribution in [1.29, 1.82) is 0 Å². The van der Waals surface area contributed by atoms with E-state index < -0.39 is 0 Å². The number of carbonyl (C=O) groups is 1. The number of nitrogens with one attached hydrogen (secondary N) is 1. The normalized spacial score (nSPS) is 19.6. The van der Waals surface area contributed by atoms with Crippen LogP contribution in [0.4, 0.5) is 5.82 Å². The highest BCUT2D eigenvalue weighted by Gasteiger charge is 2.27. The molecule has 1 unspecified atom stereocenters. The molecule has 0 radical (unpaired) electrons. The lowest BCUT2D eigenvalue weighted by Gasteiger charge is -2.36. The first-order chi connectivity index (χ1) is 13.1. The molecule has 4 rings (SSSR count). The molecule has 1 amide bonds. The van der Waals surface area contributed by atoms with Gasteiger partial charge in [-0.25, -0.2) is 4.68 Å². The molecule has 8 heteroatoms. The van der Waals surface area contributed by atoms with Crippen molar-refractivity contribution in [3.05, 3.63) is 39.5 Å². The summed E-state index contributed by atoms with van der Waals surface area (Å²) in [7, 11) is 1.65. The molecule has 1 aliphatic carbocycles. The van der Waals surface area contributed by atoms with E-state index in [1.165, 1.54) is 10.7 Å². The second-order valence-corrected chi connectivity index (χ2v) is 7.35. The molecule has 144 valence electrons. The number of hydrogen-bond acceptors (Lipinski definition) is 6. The maximum atomic E-state index is 12.6. The molecule has 27 heavy (non-hydrogen) atoms. The molecule has 1 atom stereocenters. The lowest BCUT2D eigenvalue weighted by atomic mass is 9.96. The van der Waals surface area contributed by atoms with Crippen LogP contribution >= 0.6 is 0 Å². The van der Waals surface area contributed by atoms with Crippen molar-refractivity contribution in [2.75, 3.05) is 18.0 Å². The van der Waals surface area contributed by atoms with Crippen LogP contribution in [0.2, 0.25) is 0 Å². The molecule has 0 saturated carbocycles. The van der Waals surface area contributed by atoms with Gasteiger partial charge in [-0.15, -0.1) is 0 Å². The van der Waals surface area contributed by atoms with Crippen molar-refractivity contribution < 1.29 is 9.32 Å². The van der Waals surface area contributed by atoms with E-state index in [1.807, 2.05) is 0 Å². The Labute approximate surface area is 157 Å². The number of piperidine rings is 1. The molecular formula is C19H25N5O3. The standard InChI is InChI=1S/C19H25N5O3/c1-23-17(25)10-9-16(21-23)24-11-5-4-6-13(24)12-20-19(26)18-14-7-2-3-8-15(14)22-27-18/h9-10,13H,2-8,11-12H2,1H3,(H,20,26). The van der Waals surface area contributed by atoms with E-state index in [2.05, 4.69) is 20.5 Å². The Balaban J connectivity index is 1.45. The van der Waals surface area contributed by atoms with Gasteiger partial charge in [-0.2, -0.15) is 5.10 Å². The van der Waals surface area contributed by atoms with Crippen molar-refractivity contribution in [2.45, 2.75) is 51.0 Å². The summed E-state index contributed by atoms with van der Waals surface area (Å²) in [6.07, 6.45) is 7.08. The summed E-state index contributed by atoms with van der Waals surface area (Å²) in [5.74, 6) is 0.949. The van der Waals surface area contributed by atoms with E-state index >= 15 is 0 Å². The molecule has 1 aliphatic heterocycles. The Morgan fingerprint density at radius 2 is 2.11 bits per heavy atom. The fraction of sp³-hybridized carbons (Fsp3) is 0.579. The molecule has 1 N–H and O–H groups in total. The van der Waals surface area contributed by atoms with Gasteiger partial charge in [0.25, 0.3) is 11.5 Å². The third kappa shape index (κ3) is 3.61. The Hall–Kier alpha value is -2.64. The highest BCUT2D eigenvalue weighted by molar-refractivity contribution is 5.93. The zero-order chi connectivity index (χ0) is 18.8. The number of anilines is 1. The van der Waals surface area contributed by atoms with E-state index in [1.54, 1.807) is 13.1 Å². The summed E-state index contributed by atoms with van der Waals surface area (Å²) in [6, 6.07) is 3.44. The van der Waals surface area contributed by atoms with Crippen LogP contribution in [-0.4, -0.2) is 40.0 Å². The van der Waals surface area contributed by atoms with Gasteiger partial charge in [0.15, 0.2) is 0 Å². The number of fused-ring (bicyclic) bond motifs is 1. The average molecular weight is 371 g/mol. The third-order valence-electron chi connectivity index (χ3n) is 5.53. The van der Waals surface area contributed by atoms with Gasteiger partial charge in [0.1, 0.15) is 5.82 Å². The minimum atomic E-state index is -0.190. The van der Waals surface area contributed by atoms with E-state index in [0.717, 1.165) is 68.6 Å². The highest BCUT2D eigenvalue weighted by atomic mass is 16.5. The minimum absolute atomic E-state index is 0.129. The topological polar surface area (TPSA) is 93.3 Å². The summed E-state index contributed by atoms with van der Waals surface area (Å²) in [4.78, 5) is 26.4. The smallest absolute Gasteiger partial charge is 0.290 e. The van der Waals surface area contributed by atoms with Crippen molar-refractivity contribution in [3.63, 3.8) is 0 Å². The van der Waals surface area contributed by atoms with E-state index in [9.17, 15) is 9.59 Å². The fourth-order valence-electron chi connectivity index (χ4n) is 4.02. The van der Waals surface area contributed by atoms with Gasteiger partial charge >= 0.3 is 0 Å². The molecule has 3 heterocycles. The van der Waals surface area contributed by atoms with Crippen LogP contribution < -0.4 is 15.8 Å². The summed E-state index contributed by atoms with van der Waals surface area (Å²) >= 11 is 0. The van der Waals surface area contributed by atoms with Crippen LogP contribution in [0.1, 0.15) is 53.9 Å². The summed E-state index contributed by atoms with van der Waals surface area (Å²) in [6.45, 7) is 1.38. The molecule has 0 spiro atoms. The first-order valence-corrected chi connectivity index (χ1v) is 9.70. The molecule has 1 saturated heterocycles. The molecule has 2 aromatic rings. The molecular weight excluding hydrogens is 346 g/mol. The maximum absolute atomic E-state index is 12.6. The molecule has 0 bridgehead atoms. The number of amides is 1. The number of aryl methyl sites for hydroxylation is 2. The number of carbonyl (C=O) groups excluding carboxylic acids is 1. The van der Waals surface area contributed by atoms with Gasteiger partial charge in [0, 0.05) is 37.8 Å². The molecule has 0 aromatic carbocycles. The Bertz CT molecular complexity index is 888. The van der Waals surface area contributed by atoms with Crippen LogP contribution in [-0.2, 0) is 19.9 Å². The van der Waals surface area contributed by atoms with Gasteiger partial charge in [0.2, 0.25) is 5.76 Å². The van der Waals surface area contributed by atoms with Crippen molar-refractivity contribution in [3.8, 4) is 0 Å². The van der Waals surface area contributed by atoms with Crippen molar-refractivity contribution >= 4 is 11.7 Å². The molecule has 8 nitrogen and oxygen atoms in total. The Morgan fingerprint density at radius 1 is 1.26 bits per heavy atom. The second kappa shape index (κ2) is 7.54. The van der Waals surface area contributed by atoms with E-state index in [-0.39, 0.29) is 17.5 Å². The summed E-state index contributed by atoms with van der Waals surface area (Å²) in [5, 5.41) is 11.5. The largest absolute Gasteiger partial charge is 0.350 e. The number of hydrogen-bond donors (Lipinski definition) is 1. The van der Waals surface area contributed by atoms with Crippen molar-refractivity contribution in [2.24, 2.45) is 7.05 Å². The van der Waals surface area contributed by atoms with Crippen LogP contribution in [0.25, 0.3) is 0 Å². The SMILES string of the molecule is Cn1nc(N2CCCCC2CNC(=O)c2onc3c2CCCC3)ccc1=O. The van der Waals surface area contributed by atoms with Crippen molar-refractivity contribution in [1.82, 2.24) is 20.3 Å². The van der Waals surface area contributed by atoms with Gasteiger partial charge < -0.3 is 14.7 Å². The molecule has 2 aliphatic rings. The van der Waals surface area contributed by atoms with Crippen LogP contribution in [0.5, 0.6) is 0 Å². The number of aromatic nitrogens is 3. The lowest BCUT2D eigenvalue weighted by molar-refractivity contribution is 0.0911. The second-order valence-electron chi connectivity index (χ2n) is 7.35. The molecule has 2 aromatic heterocycles. The zero-order valence-corrected chi connectivity index (χ0v) is 15.6. The van der Waals surface area contributed by atoms with E-state index in [0.29, 0.717) is 12.3 Å². The zero-order valence-electron chi connectivity index (χ0n) is 15.6. The predicted octanol–water partition coefficient (Wildman–Crippen LogP) is 1.44. The van der Waals surface area contributed by atoms with E-state index in [4.69, 9.17) is 4.52 Å². The summed E-state index contributed by atoms with van der Waals surface area (Å²) in [5.41, 5.74) is 1.77. The summed E-state index contributed by atoms with van der Waals surface area (Å²) < 4.78 is 6.68. The predicted molar refractivity (Wildman–Crippen MR) is 99.9 cm³/mol. The van der Waals surface area contributed by atoms with Crippen LogP contribution in [0, 0.1) is 0 Å². The third-order valence-corrected chi connectivity index (χ3v) is 5.53. The first kappa shape index (κ1) is 17.8. The lowest BCUT2D eigenvalue weighted by Crippen LogP contribution is -2.47. The number of nitrogens with zero attached hydrogens (tertiary/aromatic N) is 4. The first-order valence-electron chi connectivity index (χ1n) is 9.70. The monoisotopic (exact) mass is 371 g/mol. The van der Waals surface area contributed by atoms with Gasteiger partial charge in [-0.05, 0) is 51.0 Å². The quantitative estimate of drug-likeness (QED) is 0.874. The van der Waals surface area contributed by atoms with Gasteiger partial charge in [-0.1, -0.05) is 5.16 Å². The van der Waals surface area contributed by atoms with Gasteiger partial charge in [0.05, 0.1) is 5.69 Å². The minimum Gasteiger partial charge on any atom is -0.350 e. The van der Waals surface area contributed by atoms with Gasteiger partial charge in [-0.3, -0.25) is 9.59 Å². The maximum Gasteiger partial charge on any atom is 0.290 e. The Kier molecular flexibility index (Phi) is 4.96. The molecule has 1 fully saturated rings. The highest BCUT2D eigenvalue weighted by Crippen LogP contribution is 2.25. The fourth-order valence-corrected chi connectivity index (χ4v) is 4.02.